The number of sulfonamides is 1. The van der Waals surface area contributed by atoms with Crippen molar-refractivity contribution in [2.75, 3.05) is 18.5 Å². The van der Waals surface area contributed by atoms with E-state index in [0.717, 1.165) is 16.4 Å². The lowest BCUT2D eigenvalue weighted by molar-refractivity contribution is -0.387. The number of hydrogen-bond donors (Lipinski definition) is 2. The van der Waals surface area contributed by atoms with Gasteiger partial charge in [-0.05, 0) is 12.1 Å². The van der Waals surface area contributed by atoms with E-state index in [1.54, 1.807) is 13.8 Å². The summed E-state index contributed by atoms with van der Waals surface area (Å²) in [6.45, 7) is 3.79. The number of nitrogens with one attached hydrogen (secondary N) is 1. The Morgan fingerprint density at radius 2 is 1.95 bits per heavy atom. The zero-order valence-corrected chi connectivity index (χ0v) is 11.5. The maximum Gasteiger partial charge on any atom is 0.289 e. The Bertz CT molecular complexity index is 569. The molecule has 0 heterocycles. The lowest BCUT2D eigenvalue weighted by Gasteiger charge is -2.18. The molecule has 1 rings (SSSR count). The van der Waals surface area contributed by atoms with E-state index in [1.165, 1.54) is 6.07 Å². The predicted octanol–water partition coefficient (Wildman–Crippen LogP) is 0.911. The summed E-state index contributed by atoms with van der Waals surface area (Å²) in [7, 11) is -3.91. The highest BCUT2D eigenvalue weighted by Gasteiger charge is 2.30. The molecule has 0 aliphatic rings. The highest BCUT2D eigenvalue weighted by Crippen LogP contribution is 2.29. The molecule has 9 heteroatoms. The Balaban J connectivity index is 3.50. The zero-order chi connectivity index (χ0) is 14.6. The molecular weight excluding hydrogens is 272 g/mol. The van der Waals surface area contributed by atoms with Crippen molar-refractivity contribution in [3.05, 3.63) is 28.3 Å². The summed E-state index contributed by atoms with van der Waals surface area (Å²) in [6.07, 6.45) is 0. The van der Waals surface area contributed by atoms with Crippen LogP contribution in [0.1, 0.15) is 13.8 Å². The van der Waals surface area contributed by atoms with Crippen molar-refractivity contribution >= 4 is 21.4 Å². The van der Waals surface area contributed by atoms with Gasteiger partial charge in [-0.25, -0.2) is 8.42 Å². The molecule has 0 saturated heterocycles. The minimum Gasteiger partial charge on any atom is -0.324 e. The van der Waals surface area contributed by atoms with E-state index in [-0.39, 0.29) is 23.7 Å². The van der Waals surface area contributed by atoms with Gasteiger partial charge < -0.3 is 5.43 Å². The lowest BCUT2D eigenvalue weighted by Crippen LogP contribution is -2.31. The molecule has 0 atom stereocenters. The third-order valence-electron chi connectivity index (χ3n) is 2.65. The van der Waals surface area contributed by atoms with Crippen LogP contribution in [-0.4, -0.2) is 30.7 Å². The van der Waals surface area contributed by atoms with Gasteiger partial charge in [-0.1, -0.05) is 13.8 Å². The van der Waals surface area contributed by atoms with Crippen LogP contribution in [0.2, 0.25) is 0 Å². The molecule has 19 heavy (non-hydrogen) atoms. The van der Waals surface area contributed by atoms with Crippen LogP contribution in [0.25, 0.3) is 0 Å². The molecule has 0 aliphatic heterocycles. The molecule has 3 N–H and O–H groups in total. The maximum absolute atomic E-state index is 12.3. The molecule has 1 aromatic rings. The number of benzene rings is 1. The van der Waals surface area contributed by atoms with E-state index in [9.17, 15) is 18.5 Å². The second-order valence-electron chi connectivity index (χ2n) is 3.67. The number of hydrazine groups is 1. The summed E-state index contributed by atoms with van der Waals surface area (Å²) in [5.41, 5.74) is 2.10. The zero-order valence-electron chi connectivity index (χ0n) is 10.7. The van der Waals surface area contributed by atoms with Gasteiger partial charge in [-0.3, -0.25) is 16.0 Å². The summed E-state index contributed by atoms with van der Waals surface area (Å²) >= 11 is 0. The van der Waals surface area contributed by atoms with Gasteiger partial charge in [0, 0.05) is 19.2 Å². The quantitative estimate of drug-likeness (QED) is 0.456. The smallest absolute Gasteiger partial charge is 0.289 e. The lowest BCUT2D eigenvalue weighted by atomic mass is 10.3. The first-order chi connectivity index (χ1) is 8.88. The number of rotatable bonds is 6. The SMILES string of the molecule is CCN(CC)S(=O)(=O)c1cc(NN)ccc1[N+](=O)[O-]. The minimum atomic E-state index is -3.91. The molecule has 0 radical (unpaired) electrons. The molecule has 0 bridgehead atoms. The van der Waals surface area contributed by atoms with Crippen LogP contribution in [0.5, 0.6) is 0 Å². The highest BCUT2D eigenvalue weighted by molar-refractivity contribution is 7.89. The fourth-order valence-electron chi connectivity index (χ4n) is 1.66. The summed E-state index contributed by atoms with van der Waals surface area (Å²) in [4.78, 5) is 9.85. The van der Waals surface area contributed by atoms with Crippen LogP contribution < -0.4 is 11.3 Å². The van der Waals surface area contributed by atoms with Gasteiger partial charge >= 0.3 is 0 Å². The molecule has 0 aliphatic carbocycles. The van der Waals surface area contributed by atoms with E-state index < -0.39 is 20.6 Å². The van der Waals surface area contributed by atoms with E-state index in [4.69, 9.17) is 5.84 Å². The van der Waals surface area contributed by atoms with Crippen molar-refractivity contribution < 1.29 is 13.3 Å². The van der Waals surface area contributed by atoms with Gasteiger partial charge in [0.1, 0.15) is 0 Å². The number of nitro benzene ring substituents is 1. The maximum atomic E-state index is 12.3. The predicted molar refractivity (Wildman–Crippen MR) is 71.0 cm³/mol. The average molecular weight is 288 g/mol. The fraction of sp³-hybridized carbons (Fsp3) is 0.400. The van der Waals surface area contributed by atoms with E-state index in [0.29, 0.717) is 0 Å². The van der Waals surface area contributed by atoms with Crippen LogP contribution in [0.4, 0.5) is 11.4 Å². The largest absolute Gasteiger partial charge is 0.324 e. The Kier molecular flexibility index (Phi) is 4.81. The molecule has 0 aromatic heterocycles. The normalized spacial score (nSPS) is 11.6. The number of anilines is 1. The van der Waals surface area contributed by atoms with Crippen molar-refractivity contribution in [2.45, 2.75) is 18.7 Å². The average Bonchev–Trinajstić information content (AvgIpc) is 2.38. The summed E-state index contributed by atoms with van der Waals surface area (Å²) < 4.78 is 25.8. The number of nitro groups is 1. The molecule has 106 valence electrons. The van der Waals surface area contributed by atoms with Gasteiger partial charge in [0.05, 0.1) is 10.6 Å². The number of hydrogen-bond acceptors (Lipinski definition) is 6. The van der Waals surface area contributed by atoms with Crippen LogP contribution >= 0.6 is 0 Å². The highest BCUT2D eigenvalue weighted by atomic mass is 32.2. The van der Waals surface area contributed by atoms with E-state index >= 15 is 0 Å². The third-order valence-corrected chi connectivity index (χ3v) is 4.73. The standard InChI is InChI=1S/C10H16N4O4S/c1-3-13(4-2)19(17,18)10-7-8(12-11)5-6-9(10)14(15)16/h5-7,12H,3-4,11H2,1-2H3. The van der Waals surface area contributed by atoms with E-state index in [1.807, 2.05) is 0 Å². The Labute approximate surface area is 111 Å². The minimum absolute atomic E-state index is 0.232. The molecule has 0 saturated carbocycles. The molecule has 1 aromatic carbocycles. The van der Waals surface area contributed by atoms with Crippen LogP contribution in [0.15, 0.2) is 23.1 Å². The van der Waals surface area contributed by atoms with Gasteiger partial charge in [0.25, 0.3) is 5.69 Å². The summed E-state index contributed by atoms with van der Waals surface area (Å²) in [5, 5.41) is 10.9. The monoisotopic (exact) mass is 288 g/mol. The first-order valence-electron chi connectivity index (χ1n) is 5.63. The molecule has 0 amide bonds. The molecule has 0 spiro atoms. The second-order valence-corrected chi connectivity index (χ2v) is 5.58. The van der Waals surface area contributed by atoms with Gasteiger partial charge in [-0.15, -0.1) is 0 Å². The van der Waals surface area contributed by atoms with Crippen LogP contribution in [0.3, 0.4) is 0 Å². The second kappa shape index (κ2) is 5.95. The summed E-state index contributed by atoms with van der Waals surface area (Å²) in [5.74, 6) is 5.20. The van der Waals surface area contributed by atoms with Crippen molar-refractivity contribution in [3.63, 3.8) is 0 Å². The molecular formula is C10H16N4O4S. The van der Waals surface area contributed by atoms with Crippen molar-refractivity contribution in [1.82, 2.24) is 4.31 Å². The van der Waals surface area contributed by atoms with Gasteiger partial charge in [0.2, 0.25) is 10.0 Å². The Hall–Kier alpha value is -1.71. The first kappa shape index (κ1) is 15.3. The topological polar surface area (TPSA) is 119 Å². The number of nitrogens with zero attached hydrogens (tertiary/aromatic N) is 2. The molecule has 0 fully saturated rings. The van der Waals surface area contributed by atoms with Crippen LogP contribution in [0, 0.1) is 10.1 Å². The number of nitrogen functional groups attached to an aromatic ring is 1. The fourth-order valence-corrected chi connectivity index (χ4v) is 3.30. The van der Waals surface area contributed by atoms with Crippen LogP contribution in [-0.2, 0) is 10.0 Å². The van der Waals surface area contributed by atoms with Crippen molar-refractivity contribution in [1.29, 1.82) is 0 Å². The van der Waals surface area contributed by atoms with Gasteiger partial charge in [-0.2, -0.15) is 4.31 Å². The first-order valence-corrected chi connectivity index (χ1v) is 7.07. The van der Waals surface area contributed by atoms with E-state index in [2.05, 4.69) is 5.43 Å². The Morgan fingerprint density at radius 3 is 2.37 bits per heavy atom. The van der Waals surface area contributed by atoms with Gasteiger partial charge in [0.15, 0.2) is 4.90 Å². The van der Waals surface area contributed by atoms with Crippen molar-refractivity contribution in [3.8, 4) is 0 Å². The number of nitrogens with two attached hydrogens (primary N) is 1. The Morgan fingerprint density at radius 1 is 1.37 bits per heavy atom. The van der Waals surface area contributed by atoms with Crippen molar-refractivity contribution in [2.24, 2.45) is 5.84 Å². The molecule has 8 nitrogen and oxygen atoms in total. The summed E-state index contributed by atoms with van der Waals surface area (Å²) in [6, 6.07) is 3.62. The molecule has 0 unspecified atom stereocenters. The third kappa shape index (κ3) is 3.00.